The number of halogens is 1. The van der Waals surface area contributed by atoms with Crippen molar-refractivity contribution in [2.75, 3.05) is 29.1 Å². The summed E-state index contributed by atoms with van der Waals surface area (Å²) in [4.78, 5) is 12.0. The van der Waals surface area contributed by atoms with Crippen molar-refractivity contribution in [1.29, 1.82) is 0 Å². The van der Waals surface area contributed by atoms with Crippen LogP contribution in [0.3, 0.4) is 0 Å². The van der Waals surface area contributed by atoms with Crippen LogP contribution in [-0.2, 0) is 6.54 Å². The van der Waals surface area contributed by atoms with E-state index >= 15 is 0 Å². The molecule has 1 aromatic rings. The normalized spacial score (nSPS) is 19.4. The summed E-state index contributed by atoms with van der Waals surface area (Å²) in [7, 11) is 0. The minimum atomic E-state index is -0.0578. The topological polar surface area (TPSA) is 46.9 Å². The summed E-state index contributed by atoms with van der Waals surface area (Å²) in [5.41, 5.74) is 0.742. The van der Waals surface area contributed by atoms with Gasteiger partial charge in [0.15, 0.2) is 0 Å². The van der Waals surface area contributed by atoms with Crippen molar-refractivity contribution >= 4 is 45.1 Å². The number of aryl methyl sites for hydroxylation is 1. The summed E-state index contributed by atoms with van der Waals surface area (Å²) in [6.07, 6.45) is 2.64. The Kier molecular flexibility index (Phi) is 6.09. The highest BCUT2D eigenvalue weighted by molar-refractivity contribution is 9.10. The van der Waals surface area contributed by atoms with Crippen LogP contribution in [0, 0.1) is 0 Å². The van der Waals surface area contributed by atoms with E-state index < -0.39 is 0 Å². The van der Waals surface area contributed by atoms with Crippen molar-refractivity contribution in [2.45, 2.75) is 25.1 Å². The molecule has 1 fully saturated rings. The smallest absolute Gasteiger partial charge is 0.283 e. The zero-order valence-corrected chi connectivity index (χ0v) is 14.1. The first-order valence-corrected chi connectivity index (χ1v) is 9.41. The number of anilines is 1. The summed E-state index contributed by atoms with van der Waals surface area (Å²) < 4.78 is 2.09. The summed E-state index contributed by atoms with van der Waals surface area (Å²) in [6.45, 7) is 3.58. The van der Waals surface area contributed by atoms with Crippen LogP contribution in [-0.4, -0.2) is 38.8 Å². The first kappa shape index (κ1) is 15.3. The quantitative estimate of drug-likeness (QED) is 0.871. The van der Waals surface area contributed by atoms with Gasteiger partial charge >= 0.3 is 0 Å². The molecule has 1 aliphatic rings. The molecule has 1 aromatic heterocycles. The van der Waals surface area contributed by atoms with E-state index in [1.165, 1.54) is 21.9 Å². The second kappa shape index (κ2) is 7.59. The minimum absolute atomic E-state index is 0.0578. The monoisotopic (exact) mass is 363 g/mol. The zero-order chi connectivity index (χ0) is 13.7. The Morgan fingerprint density at radius 3 is 3.11 bits per heavy atom. The van der Waals surface area contributed by atoms with Crippen LogP contribution in [0.5, 0.6) is 0 Å². The van der Waals surface area contributed by atoms with Gasteiger partial charge in [0, 0.05) is 35.6 Å². The van der Waals surface area contributed by atoms with Crippen molar-refractivity contribution in [3.63, 3.8) is 0 Å². The van der Waals surface area contributed by atoms with Gasteiger partial charge in [-0.05, 0) is 22.4 Å². The van der Waals surface area contributed by atoms with Crippen LogP contribution in [0.1, 0.15) is 13.3 Å². The Hall–Kier alpha value is -0.140. The second-order valence-corrected chi connectivity index (χ2v) is 7.70. The van der Waals surface area contributed by atoms with Gasteiger partial charge in [0.1, 0.15) is 4.47 Å². The largest absolute Gasteiger partial charge is 0.382 e. The molecule has 0 radical (unpaired) electrons. The van der Waals surface area contributed by atoms with Crippen LogP contribution in [0.15, 0.2) is 15.5 Å². The molecule has 1 unspecified atom stereocenters. The van der Waals surface area contributed by atoms with Crippen molar-refractivity contribution in [3.8, 4) is 0 Å². The van der Waals surface area contributed by atoms with Gasteiger partial charge in [0.25, 0.3) is 5.56 Å². The van der Waals surface area contributed by atoms with E-state index in [1.807, 2.05) is 30.4 Å². The third-order valence-electron chi connectivity index (χ3n) is 2.83. The number of hydrogen-bond donors (Lipinski definition) is 1. The molecule has 0 amide bonds. The Morgan fingerprint density at radius 1 is 1.58 bits per heavy atom. The Labute approximate surface area is 130 Å². The molecule has 1 atom stereocenters. The zero-order valence-electron chi connectivity index (χ0n) is 10.9. The summed E-state index contributed by atoms with van der Waals surface area (Å²) in [5, 5.41) is 8.14. The maximum Gasteiger partial charge on any atom is 0.283 e. The average molecular weight is 364 g/mol. The highest BCUT2D eigenvalue weighted by Crippen LogP contribution is 2.25. The Morgan fingerprint density at radius 2 is 2.42 bits per heavy atom. The van der Waals surface area contributed by atoms with Crippen LogP contribution in [0.25, 0.3) is 0 Å². The number of nitrogens with one attached hydrogen (secondary N) is 1. The molecular weight excluding hydrogens is 346 g/mol. The molecule has 2 heterocycles. The predicted octanol–water partition coefficient (Wildman–Crippen LogP) is 2.68. The van der Waals surface area contributed by atoms with Gasteiger partial charge in [-0.1, -0.05) is 6.92 Å². The molecule has 0 aromatic carbocycles. The molecule has 7 heteroatoms. The summed E-state index contributed by atoms with van der Waals surface area (Å²) >= 11 is 7.38. The number of thioether (sulfide) groups is 2. The molecule has 0 spiro atoms. The Bertz CT molecular complexity index is 475. The lowest BCUT2D eigenvalue weighted by Crippen LogP contribution is -2.27. The van der Waals surface area contributed by atoms with E-state index in [9.17, 15) is 4.79 Å². The third kappa shape index (κ3) is 4.16. The van der Waals surface area contributed by atoms with E-state index in [-0.39, 0.29) is 5.56 Å². The first-order valence-electron chi connectivity index (χ1n) is 6.41. The van der Waals surface area contributed by atoms with Gasteiger partial charge < -0.3 is 5.32 Å². The molecular formula is C12H18BrN3OS2. The standard InChI is InChI=1S/C12H18BrN3OS2/c1-2-3-16-12(17)11(13)10(7-15-16)14-6-9-8-18-4-5-19-9/h7,9,14H,2-6,8H2,1H3. The fourth-order valence-corrected chi connectivity index (χ4v) is 4.90. The summed E-state index contributed by atoms with van der Waals surface area (Å²) in [6, 6.07) is 0. The molecule has 4 nitrogen and oxygen atoms in total. The third-order valence-corrected chi connectivity index (χ3v) is 6.44. The average Bonchev–Trinajstić information content (AvgIpc) is 2.44. The molecule has 19 heavy (non-hydrogen) atoms. The Balaban J connectivity index is 2.00. The number of nitrogens with zero attached hydrogens (tertiary/aromatic N) is 2. The van der Waals surface area contributed by atoms with Gasteiger partial charge in [0.05, 0.1) is 11.9 Å². The van der Waals surface area contributed by atoms with Gasteiger partial charge in [-0.25, -0.2) is 4.68 Å². The van der Waals surface area contributed by atoms with Crippen molar-refractivity contribution in [2.24, 2.45) is 0 Å². The molecule has 106 valence electrons. The maximum absolute atomic E-state index is 12.0. The van der Waals surface area contributed by atoms with E-state index in [2.05, 4.69) is 26.3 Å². The molecule has 1 saturated heterocycles. The predicted molar refractivity (Wildman–Crippen MR) is 88.5 cm³/mol. The molecule has 1 N–H and O–H groups in total. The second-order valence-electron chi connectivity index (χ2n) is 4.35. The summed E-state index contributed by atoms with van der Waals surface area (Å²) in [5.74, 6) is 3.64. The van der Waals surface area contributed by atoms with Crippen LogP contribution in [0.4, 0.5) is 5.69 Å². The maximum atomic E-state index is 12.0. The molecule has 2 rings (SSSR count). The van der Waals surface area contributed by atoms with Crippen LogP contribution >= 0.6 is 39.5 Å². The van der Waals surface area contributed by atoms with Crippen molar-refractivity contribution in [1.82, 2.24) is 9.78 Å². The van der Waals surface area contributed by atoms with Gasteiger partial charge in [-0.2, -0.15) is 28.6 Å². The number of hydrogen-bond acceptors (Lipinski definition) is 5. The van der Waals surface area contributed by atoms with E-state index in [0.717, 1.165) is 18.7 Å². The van der Waals surface area contributed by atoms with Gasteiger partial charge in [0.2, 0.25) is 0 Å². The molecule has 0 saturated carbocycles. The SMILES string of the molecule is CCCn1ncc(NCC2CSCCS2)c(Br)c1=O. The highest BCUT2D eigenvalue weighted by Gasteiger charge is 2.15. The number of rotatable bonds is 5. The van der Waals surface area contributed by atoms with Crippen LogP contribution in [0.2, 0.25) is 0 Å². The van der Waals surface area contributed by atoms with Gasteiger partial charge in [-0.3, -0.25) is 4.79 Å². The van der Waals surface area contributed by atoms with E-state index in [1.54, 1.807) is 6.20 Å². The number of aromatic nitrogens is 2. The van der Waals surface area contributed by atoms with Crippen LogP contribution < -0.4 is 10.9 Å². The van der Waals surface area contributed by atoms with Crippen molar-refractivity contribution < 1.29 is 0 Å². The fourth-order valence-electron chi connectivity index (χ4n) is 1.84. The molecule has 0 bridgehead atoms. The van der Waals surface area contributed by atoms with E-state index in [4.69, 9.17) is 0 Å². The van der Waals surface area contributed by atoms with Gasteiger partial charge in [-0.15, -0.1) is 0 Å². The highest BCUT2D eigenvalue weighted by atomic mass is 79.9. The molecule has 0 aliphatic carbocycles. The fraction of sp³-hybridized carbons (Fsp3) is 0.667. The lowest BCUT2D eigenvalue weighted by atomic mass is 10.4. The first-order chi connectivity index (χ1) is 9.22. The minimum Gasteiger partial charge on any atom is -0.382 e. The molecule has 1 aliphatic heterocycles. The van der Waals surface area contributed by atoms with E-state index in [0.29, 0.717) is 16.3 Å². The lowest BCUT2D eigenvalue weighted by Gasteiger charge is -2.21. The lowest BCUT2D eigenvalue weighted by molar-refractivity contribution is 0.566. The van der Waals surface area contributed by atoms with Crippen molar-refractivity contribution in [3.05, 3.63) is 21.0 Å².